The quantitative estimate of drug-likeness (QED) is 0.205. The van der Waals surface area contributed by atoms with Crippen LogP contribution in [0, 0.1) is 0 Å². The number of halogens is 2. The van der Waals surface area contributed by atoms with E-state index in [2.05, 4.69) is 10.5 Å². The van der Waals surface area contributed by atoms with Crippen molar-refractivity contribution in [3.05, 3.63) is 129 Å². The fourth-order valence-electron chi connectivity index (χ4n) is 3.74. The second kappa shape index (κ2) is 11.9. The summed E-state index contributed by atoms with van der Waals surface area (Å²) < 4.78 is 11.3. The number of hydrazone groups is 1. The number of hydrogen-bond donors (Lipinski definition) is 2. The summed E-state index contributed by atoms with van der Waals surface area (Å²) in [5.74, 6) is 0.255. The first-order valence-corrected chi connectivity index (χ1v) is 12.1. The molecule has 0 aliphatic rings. The van der Waals surface area contributed by atoms with Crippen molar-refractivity contribution >= 4 is 35.3 Å². The molecular weight excluding hydrogens is 511 g/mol. The van der Waals surface area contributed by atoms with Gasteiger partial charge in [-0.05, 0) is 47.0 Å². The number of carbonyl (C=O) groups excluding carboxylic acids is 1. The molecule has 188 valence electrons. The van der Waals surface area contributed by atoms with E-state index < -0.39 is 11.5 Å². The molecule has 0 radical (unpaired) electrons. The summed E-state index contributed by atoms with van der Waals surface area (Å²) in [6, 6.07) is 27.8. The molecule has 2 N–H and O–H groups in total. The van der Waals surface area contributed by atoms with Crippen molar-refractivity contribution in [3.63, 3.8) is 0 Å². The summed E-state index contributed by atoms with van der Waals surface area (Å²) in [4.78, 5) is 13.2. The van der Waals surface area contributed by atoms with E-state index in [0.717, 1.165) is 0 Å². The minimum atomic E-state index is -1.93. The SMILES string of the molecule is COc1ccc(/C=N\NC(=O)C(O)(c2ccccc2)c2ccccc2)cc1OCc1c(Cl)cccc1Cl. The largest absolute Gasteiger partial charge is 0.493 e. The predicted octanol–water partition coefficient (Wildman–Crippen LogP) is 5.97. The van der Waals surface area contributed by atoms with Crippen LogP contribution in [0.1, 0.15) is 22.3 Å². The number of benzene rings is 4. The zero-order valence-corrected chi connectivity index (χ0v) is 21.4. The molecular formula is C29H24Cl2N2O4. The van der Waals surface area contributed by atoms with Crippen LogP contribution in [-0.4, -0.2) is 24.3 Å². The number of rotatable bonds is 9. The Morgan fingerprint density at radius 3 is 2.05 bits per heavy atom. The van der Waals surface area contributed by atoms with E-state index in [9.17, 15) is 9.90 Å². The third-order valence-corrected chi connectivity index (χ3v) is 6.42. The molecule has 8 heteroatoms. The normalized spacial score (nSPS) is 11.4. The average molecular weight is 535 g/mol. The van der Waals surface area contributed by atoms with Crippen molar-refractivity contribution in [2.75, 3.05) is 7.11 Å². The maximum atomic E-state index is 13.2. The second-order valence-corrected chi connectivity index (χ2v) is 8.86. The lowest BCUT2D eigenvalue weighted by Crippen LogP contribution is -2.43. The van der Waals surface area contributed by atoms with Crippen LogP contribution in [0.3, 0.4) is 0 Å². The van der Waals surface area contributed by atoms with Crippen LogP contribution < -0.4 is 14.9 Å². The van der Waals surface area contributed by atoms with Gasteiger partial charge in [0.25, 0.3) is 5.91 Å². The highest BCUT2D eigenvalue weighted by Crippen LogP contribution is 2.32. The van der Waals surface area contributed by atoms with Crippen molar-refractivity contribution in [2.45, 2.75) is 12.2 Å². The number of carbonyl (C=O) groups is 1. The first-order valence-electron chi connectivity index (χ1n) is 11.3. The van der Waals surface area contributed by atoms with Crippen molar-refractivity contribution in [3.8, 4) is 11.5 Å². The van der Waals surface area contributed by atoms with Gasteiger partial charge in [0, 0.05) is 15.6 Å². The Morgan fingerprint density at radius 2 is 1.49 bits per heavy atom. The highest BCUT2D eigenvalue weighted by molar-refractivity contribution is 6.35. The lowest BCUT2D eigenvalue weighted by atomic mass is 9.85. The number of methoxy groups -OCH3 is 1. The lowest BCUT2D eigenvalue weighted by molar-refractivity contribution is -0.136. The van der Waals surface area contributed by atoms with Crippen molar-refractivity contribution in [1.82, 2.24) is 5.43 Å². The standard InChI is InChI=1S/C29H24Cl2N2O4/c1-36-26-16-15-20(17-27(26)37-19-23-24(30)13-8-14-25(23)31)18-32-33-28(34)29(35,21-9-4-2-5-10-21)22-11-6-3-7-12-22/h2-18,35H,19H2,1H3,(H,33,34)/b32-18-. The number of hydrogen-bond acceptors (Lipinski definition) is 5. The Bertz CT molecular complexity index is 1340. The minimum Gasteiger partial charge on any atom is -0.493 e. The van der Waals surface area contributed by atoms with Gasteiger partial charge >= 0.3 is 0 Å². The number of nitrogens with one attached hydrogen (secondary N) is 1. The first kappa shape index (κ1) is 26.2. The van der Waals surface area contributed by atoms with E-state index in [-0.39, 0.29) is 6.61 Å². The summed E-state index contributed by atoms with van der Waals surface area (Å²) in [5, 5.41) is 16.6. The zero-order valence-electron chi connectivity index (χ0n) is 19.9. The number of ether oxygens (including phenoxy) is 2. The van der Waals surface area contributed by atoms with Gasteiger partial charge in [0.05, 0.1) is 13.3 Å². The van der Waals surface area contributed by atoms with Gasteiger partial charge in [-0.3, -0.25) is 4.79 Å². The molecule has 4 aromatic rings. The molecule has 0 heterocycles. The van der Waals surface area contributed by atoms with Gasteiger partial charge in [0.15, 0.2) is 17.1 Å². The number of amides is 1. The molecule has 0 atom stereocenters. The van der Waals surface area contributed by atoms with E-state index in [1.807, 2.05) is 12.1 Å². The van der Waals surface area contributed by atoms with E-state index in [1.54, 1.807) is 84.9 Å². The molecule has 0 bridgehead atoms. The van der Waals surface area contributed by atoms with Crippen LogP contribution in [0.15, 0.2) is 102 Å². The Kier molecular flexibility index (Phi) is 8.46. The van der Waals surface area contributed by atoms with Crippen molar-refractivity contribution < 1.29 is 19.4 Å². The maximum absolute atomic E-state index is 13.2. The van der Waals surface area contributed by atoms with Crippen LogP contribution in [-0.2, 0) is 17.0 Å². The van der Waals surface area contributed by atoms with Gasteiger partial charge in [-0.1, -0.05) is 89.9 Å². The number of aliphatic hydroxyl groups is 1. The van der Waals surface area contributed by atoms with E-state index >= 15 is 0 Å². The van der Waals surface area contributed by atoms with Crippen LogP contribution in [0.4, 0.5) is 0 Å². The summed E-state index contributed by atoms with van der Waals surface area (Å²) in [6.07, 6.45) is 1.45. The van der Waals surface area contributed by atoms with Crippen LogP contribution in [0.25, 0.3) is 0 Å². The molecule has 0 saturated heterocycles. The molecule has 37 heavy (non-hydrogen) atoms. The monoisotopic (exact) mass is 534 g/mol. The van der Waals surface area contributed by atoms with Gasteiger partial charge in [-0.2, -0.15) is 5.10 Å². The molecule has 0 unspecified atom stereocenters. The summed E-state index contributed by atoms with van der Waals surface area (Å²) in [6.45, 7) is 0.132. The Labute approximate surface area is 225 Å². The molecule has 0 fully saturated rings. The third-order valence-electron chi connectivity index (χ3n) is 5.71. The van der Waals surface area contributed by atoms with Crippen LogP contribution in [0.2, 0.25) is 10.0 Å². The highest BCUT2D eigenvalue weighted by Gasteiger charge is 2.39. The Balaban J connectivity index is 1.53. The van der Waals surface area contributed by atoms with Crippen molar-refractivity contribution in [1.29, 1.82) is 0 Å². The van der Waals surface area contributed by atoms with Crippen LogP contribution in [0.5, 0.6) is 11.5 Å². The van der Waals surface area contributed by atoms with Gasteiger partial charge < -0.3 is 14.6 Å². The van der Waals surface area contributed by atoms with E-state index in [1.165, 1.54) is 13.3 Å². The summed E-state index contributed by atoms with van der Waals surface area (Å²) in [5.41, 5.74) is 2.66. The molecule has 0 aliphatic carbocycles. The molecule has 0 aromatic heterocycles. The smallest absolute Gasteiger partial charge is 0.281 e. The lowest BCUT2D eigenvalue weighted by Gasteiger charge is -2.27. The molecule has 0 spiro atoms. The molecule has 4 rings (SSSR count). The fraction of sp³-hybridized carbons (Fsp3) is 0.103. The molecule has 0 aliphatic heterocycles. The Hall–Kier alpha value is -3.84. The Morgan fingerprint density at radius 1 is 0.892 bits per heavy atom. The first-order chi connectivity index (χ1) is 17.9. The van der Waals surface area contributed by atoms with E-state index in [4.69, 9.17) is 32.7 Å². The second-order valence-electron chi connectivity index (χ2n) is 8.04. The maximum Gasteiger partial charge on any atom is 0.281 e. The average Bonchev–Trinajstić information content (AvgIpc) is 2.93. The highest BCUT2D eigenvalue weighted by atomic mass is 35.5. The minimum absolute atomic E-state index is 0.132. The summed E-state index contributed by atoms with van der Waals surface area (Å²) >= 11 is 12.5. The van der Waals surface area contributed by atoms with Crippen molar-refractivity contribution in [2.24, 2.45) is 5.10 Å². The third kappa shape index (κ3) is 5.94. The number of nitrogens with zero attached hydrogens (tertiary/aromatic N) is 1. The van der Waals surface area contributed by atoms with Crippen LogP contribution >= 0.6 is 23.2 Å². The van der Waals surface area contributed by atoms with E-state index in [0.29, 0.717) is 43.8 Å². The topological polar surface area (TPSA) is 80.2 Å². The summed E-state index contributed by atoms with van der Waals surface area (Å²) in [7, 11) is 1.53. The molecule has 0 saturated carbocycles. The van der Waals surface area contributed by atoms with Gasteiger partial charge in [0.1, 0.15) is 6.61 Å². The molecule has 6 nitrogen and oxygen atoms in total. The molecule has 4 aromatic carbocycles. The van der Waals surface area contributed by atoms with Gasteiger partial charge in [-0.15, -0.1) is 0 Å². The predicted molar refractivity (Wildman–Crippen MR) is 145 cm³/mol. The molecule has 1 amide bonds. The van der Waals surface area contributed by atoms with Gasteiger partial charge in [0.2, 0.25) is 0 Å². The fourth-order valence-corrected chi connectivity index (χ4v) is 4.25. The zero-order chi connectivity index (χ0) is 26.3. The van der Waals surface area contributed by atoms with Gasteiger partial charge in [-0.25, -0.2) is 5.43 Å².